The van der Waals surface area contributed by atoms with E-state index in [9.17, 15) is 9.59 Å². The maximum Gasteiger partial charge on any atom is 0.317 e. The Labute approximate surface area is 150 Å². The van der Waals surface area contributed by atoms with Crippen LogP contribution in [0.3, 0.4) is 0 Å². The van der Waals surface area contributed by atoms with Gasteiger partial charge >= 0.3 is 12.0 Å². The molecule has 1 aliphatic heterocycles. The second-order valence-electron chi connectivity index (χ2n) is 6.58. The molecular weight excluding hydrogens is 351 g/mol. The number of carboxylic acids is 1. The molecule has 2 fully saturated rings. The predicted octanol–water partition coefficient (Wildman–Crippen LogP) is 3.60. The van der Waals surface area contributed by atoms with Crippen molar-refractivity contribution in [1.82, 2.24) is 10.2 Å². The lowest BCUT2D eigenvalue weighted by Gasteiger charge is -2.30. The van der Waals surface area contributed by atoms with E-state index < -0.39 is 11.9 Å². The largest absolute Gasteiger partial charge is 0.481 e. The normalized spacial score (nSPS) is 26.1. The van der Waals surface area contributed by atoms with Crippen LogP contribution in [0.2, 0.25) is 10.0 Å². The summed E-state index contributed by atoms with van der Waals surface area (Å²) in [7, 11) is 0. The van der Waals surface area contributed by atoms with E-state index in [1.807, 2.05) is 12.1 Å². The van der Waals surface area contributed by atoms with Crippen LogP contribution in [-0.2, 0) is 4.79 Å². The first kappa shape index (κ1) is 17.4. The summed E-state index contributed by atoms with van der Waals surface area (Å²) >= 11 is 12.1. The summed E-state index contributed by atoms with van der Waals surface area (Å²) in [6, 6.07) is 5.34. The molecule has 2 aliphatic rings. The third kappa shape index (κ3) is 3.95. The predicted molar refractivity (Wildman–Crippen MR) is 92.6 cm³/mol. The summed E-state index contributed by atoms with van der Waals surface area (Å²) < 4.78 is 0. The molecule has 0 bridgehead atoms. The van der Waals surface area contributed by atoms with Crippen LogP contribution in [0.1, 0.15) is 30.7 Å². The Morgan fingerprint density at radius 2 is 2.12 bits per heavy atom. The first-order valence-electron chi connectivity index (χ1n) is 8.16. The second-order valence-corrected chi connectivity index (χ2v) is 7.42. The van der Waals surface area contributed by atoms with Crippen molar-refractivity contribution in [3.05, 3.63) is 33.8 Å². The maximum absolute atomic E-state index is 12.2. The Morgan fingerprint density at radius 3 is 2.83 bits per heavy atom. The number of nitrogens with zero attached hydrogens (tertiary/aromatic N) is 1. The van der Waals surface area contributed by atoms with Crippen LogP contribution in [0.25, 0.3) is 0 Å². The molecule has 7 heteroatoms. The molecule has 3 rings (SSSR count). The van der Waals surface area contributed by atoms with Crippen LogP contribution >= 0.6 is 23.2 Å². The molecule has 1 saturated carbocycles. The van der Waals surface area contributed by atoms with E-state index in [-0.39, 0.29) is 12.6 Å². The number of carbonyl (C=O) groups is 2. The number of piperidine rings is 1. The first-order valence-corrected chi connectivity index (χ1v) is 8.92. The van der Waals surface area contributed by atoms with Crippen molar-refractivity contribution in [2.75, 3.05) is 19.6 Å². The highest BCUT2D eigenvalue weighted by Crippen LogP contribution is 2.49. The molecule has 0 spiro atoms. The topological polar surface area (TPSA) is 69.6 Å². The van der Waals surface area contributed by atoms with E-state index in [1.54, 1.807) is 11.0 Å². The molecule has 5 nitrogen and oxygen atoms in total. The average Bonchev–Trinajstić information content (AvgIpc) is 3.32. The molecule has 24 heavy (non-hydrogen) atoms. The average molecular weight is 371 g/mol. The van der Waals surface area contributed by atoms with Gasteiger partial charge in [-0.3, -0.25) is 4.79 Å². The fourth-order valence-corrected chi connectivity index (χ4v) is 3.90. The zero-order valence-corrected chi connectivity index (χ0v) is 14.7. The third-order valence-electron chi connectivity index (χ3n) is 4.86. The summed E-state index contributed by atoms with van der Waals surface area (Å²) in [5.41, 5.74) is 1.07. The summed E-state index contributed by atoms with van der Waals surface area (Å²) in [6.07, 6.45) is 2.36. The van der Waals surface area contributed by atoms with E-state index in [0.29, 0.717) is 41.4 Å². The van der Waals surface area contributed by atoms with Gasteiger partial charge in [0.2, 0.25) is 0 Å². The van der Waals surface area contributed by atoms with E-state index >= 15 is 0 Å². The van der Waals surface area contributed by atoms with Crippen LogP contribution in [0, 0.1) is 11.8 Å². The molecular formula is C17H20Cl2N2O3. The number of hydrogen-bond acceptors (Lipinski definition) is 2. The summed E-state index contributed by atoms with van der Waals surface area (Å²) in [5.74, 6) is -0.561. The van der Waals surface area contributed by atoms with Gasteiger partial charge in [0, 0.05) is 29.7 Å². The molecule has 1 aliphatic carbocycles. The molecule has 1 saturated heterocycles. The first-order chi connectivity index (χ1) is 11.5. The number of benzene rings is 1. The van der Waals surface area contributed by atoms with E-state index in [4.69, 9.17) is 28.3 Å². The SMILES string of the molecule is O=C(O)C1CCCN(C(=O)NC[C@@H]2C[C@H]2c2ccc(Cl)cc2Cl)C1. The molecule has 0 aromatic heterocycles. The standard InChI is InChI=1S/C17H20Cl2N2O3/c18-12-3-4-13(15(19)7-12)14-6-11(14)8-20-17(24)21-5-1-2-10(9-21)16(22)23/h3-4,7,10-11,14H,1-2,5-6,8-9H2,(H,20,24)(H,22,23)/t10?,11-,14+/m0/s1. The van der Waals surface area contributed by atoms with Gasteiger partial charge in [0.15, 0.2) is 0 Å². The van der Waals surface area contributed by atoms with Crippen molar-refractivity contribution in [2.45, 2.75) is 25.2 Å². The zero-order valence-electron chi connectivity index (χ0n) is 13.2. The number of aliphatic carboxylic acids is 1. The van der Waals surface area contributed by atoms with Gasteiger partial charge in [-0.2, -0.15) is 0 Å². The van der Waals surface area contributed by atoms with Gasteiger partial charge in [-0.05, 0) is 48.8 Å². The highest BCUT2D eigenvalue weighted by molar-refractivity contribution is 6.35. The van der Waals surface area contributed by atoms with Crippen LogP contribution < -0.4 is 5.32 Å². The Bertz CT molecular complexity index is 653. The van der Waals surface area contributed by atoms with Crippen LogP contribution in [0.5, 0.6) is 0 Å². The zero-order chi connectivity index (χ0) is 17.3. The highest BCUT2D eigenvalue weighted by atomic mass is 35.5. The number of carbonyl (C=O) groups excluding carboxylic acids is 1. The number of likely N-dealkylation sites (tertiary alicyclic amines) is 1. The molecule has 1 unspecified atom stereocenters. The minimum Gasteiger partial charge on any atom is -0.481 e. The van der Waals surface area contributed by atoms with Crippen LogP contribution in [0.15, 0.2) is 18.2 Å². The minimum absolute atomic E-state index is 0.172. The number of carboxylic acid groups (broad SMARTS) is 1. The lowest BCUT2D eigenvalue weighted by molar-refractivity contribution is -0.143. The fraction of sp³-hybridized carbons (Fsp3) is 0.529. The van der Waals surface area contributed by atoms with Gasteiger partial charge in [0.1, 0.15) is 0 Å². The van der Waals surface area contributed by atoms with Gasteiger partial charge < -0.3 is 15.3 Å². The molecule has 0 radical (unpaired) electrons. The molecule has 3 atom stereocenters. The molecule has 2 amide bonds. The van der Waals surface area contributed by atoms with E-state index in [2.05, 4.69) is 5.32 Å². The fourth-order valence-electron chi connectivity index (χ4n) is 3.35. The smallest absolute Gasteiger partial charge is 0.317 e. The minimum atomic E-state index is -0.827. The van der Waals surface area contributed by atoms with Crippen molar-refractivity contribution in [3.8, 4) is 0 Å². The Kier molecular flexibility index (Phi) is 5.21. The number of urea groups is 1. The van der Waals surface area contributed by atoms with Gasteiger partial charge in [0.25, 0.3) is 0 Å². The number of hydrogen-bond donors (Lipinski definition) is 2. The van der Waals surface area contributed by atoms with Gasteiger partial charge in [0.05, 0.1) is 5.92 Å². The van der Waals surface area contributed by atoms with Gasteiger partial charge in [-0.1, -0.05) is 29.3 Å². The van der Waals surface area contributed by atoms with Crippen molar-refractivity contribution >= 4 is 35.2 Å². The lowest BCUT2D eigenvalue weighted by Crippen LogP contribution is -2.47. The lowest BCUT2D eigenvalue weighted by atomic mass is 9.99. The Balaban J connectivity index is 1.48. The monoisotopic (exact) mass is 370 g/mol. The molecule has 1 heterocycles. The van der Waals surface area contributed by atoms with Crippen LogP contribution in [0.4, 0.5) is 4.79 Å². The molecule has 1 aromatic rings. The molecule has 130 valence electrons. The maximum atomic E-state index is 12.2. The van der Waals surface area contributed by atoms with Gasteiger partial charge in [-0.25, -0.2) is 4.79 Å². The number of amides is 2. The van der Waals surface area contributed by atoms with Crippen molar-refractivity contribution in [2.24, 2.45) is 11.8 Å². The highest BCUT2D eigenvalue weighted by Gasteiger charge is 2.40. The molecule has 2 N–H and O–H groups in total. The Morgan fingerprint density at radius 1 is 1.33 bits per heavy atom. The van der Waals surface area contributed by atoms with E-state index in [1.165, 1.54) is 0 Å². The second kappa shape index (κ2) is 7.19. The number of halogens is 2. The van der Waals surface area contributed by atoms with Crippen molar-refractivity contribution < 1.29 is 14.7 Å². The number of nitrogens with one attached hydrogen (secondary N) is 1. The van der Waals surface area contributed by atoms with E-state index in [0.717, 1.165) is 18.4 Å². The third-order valence-corrected chi connectivity index (χ3v) is 5.42. The van der Waals surface area contributed by atoms with Crippen molar-refractivity contribution in [1.29, 1.82) is 0 Å². The Hall–Kier alpha value is -1.46. The summed E-state index contributed by atoms with van der Waals surface area (Å²) in [4.78, 5) is 24.9. The number of rotatable bonds is 4. The molecule has 1 aromatic carbocycles. The van der Waals surface area contributed by atoms with Gasteiger partial charge in [-0.15, -0.1) is 0 Å². The summed E-state index contributed by atoms with van der Waals surface area (Å²) in [6.45, 7) is 1.49. The van der Waals surface area contributed by atoms with Crippen LogP contribution in [-0.4, -0.2) is 41.6 Å². The van der Waals surface area contributed by atoms with Crippen molar-refractivity contribution in [3.63, 3.8) is 0 Å². The summed E-state index contributed by atoms with van der Waals surface area (Å²) in [5, 5.41) is 13.3. The quantitative estimate of drug-likeness (QED) is 0.850.